The third-order valence-electron chi connectivity index (χ3n) is 4.30. The molecule has 0 saturated carbocycles. The van der Waals surface area contributed by atoms with Crippen molar-refractivity contribution in [2.45, 2.75) is 58.3 Å². The number of carbonyl (C=O) groups excluding carboxylic acids is 1. The van der Waals surface area contributed by atoms with Gasteiger partial charge < -0.3 is 20.7 Å². The molecule has 2 heterocycles. The highest BCUT2D eigenvalue weighted by Gasteiger charge is 2.41. The average molecular weight is 424 g/mol. The van der Waals surface area contributed by atoms with Gasteiger partial charge in [0.15, 0.2) is 5.96 Å². The third kappa shape index (κ3) is 4.71. The van der Waals surface area contributed by atoms with Crippen molar-refractivity contribution in [3.8, 4) is 0 Å². The van der Waals surface area contributed by atoms with Gasteiger partial charge in [0, 0.05) is 20.1 Å². The lowest BCUT2D eigenvalue weighted by molar-refractivity contribution is -0.128. The molecule has 3 atom stereocenters. The lowest BCUT2D eigenvalue weighted by Gasteiger charge is -2.27. The molecule has 0 aromatic carbocycles. The molecule has 2 fully saturated rings. The summed E-state index contributed by atoms with van der Waals surface area (Å²) >= 11 is 0. The normalized spacial score (nSPS) is 27.3. The van der Waals surface area contributed by atoms with Gasteiger partial charge in [0.1, 0.15) is 0 Å². The second kappa shape index (κ2) is 8.33. The Morgan fingerprint density at radius 1 is 1.32 bits per heavy atom. The van der Waals surface area contributed by atoms with Crippen LogP contribution in [0.2, 0.25) is 0 Å². The fraction of sp³-hybridized carbons (Fsp3) is 0.867. The molecule has 2 aliphatic heterocycles. The van der Waals surface area contributed by atoms with E-state index in [9.17, 15) is 4.79 Å². The minimum Gasteiger partial charge on any atom is -0.373 e. The molecule has 2 bridgehead atoms. The van der Waals surface area contributed by atoms with Gasteiger partial charge in [-0.1, -0.05) is 0 Å². The average Bonchev–Trinajstić information content (AvgIpc) is 3.06. The second-order valence-electron chi connectivity index (χ2n) is 6.53. The van der Waals surface area contributed by atoms with Crippen LogP contribution in [0.5, 0.6) is 0 Å². The highest BCUT2D eigenvalue weighted by Crippen LogP contribution is 2.34. The number of ether oxygens (including phenoxy) is 1. The van der Waals surface area contributed by atoms with Crippen LogP contribution in [0.25, 0.3) is 0 Å². The van der Waals surface area contributed by atoms with Crippen molar-refractivity contribution in [1.29, 1.82) is 0 Å². The Morgan fingerprint density at radius 3 is 2.55 bits per heavy atom. The summed E-state index contributed by atoms with van der Waals surface area (Å²) in [6.07, 6.45) is 4.08. The first-order chi connectivity index (χ1) is 9.96. The fourth-order valence-corrected chi connectivity index (χ4v) is 2.94. The maximum absolute atomic E-state index is 12.0. The van der Waals surface area contributed by atoms with Crippen molar-refractivity contribution in [2.24, 2.45) is 10.4 Å². The molecule has 2 rings (SSSR count). The lowest BCUT2D eigenvalue weighted by Crippen LogP contribution is -2.51. The van der Waals surface area contributed by atoms with Gasteiger partial charge in [-0.3, -0.25) is 9.79 Å². The molecule has 6 nitrogen and oxygen atoms in total. The summed E-state index contributed by atoms with van der Waals surface area (Å²) in [5.41, 5.74) is -0.473. The van der Waals surface area contributed by atoms with Gasteiger partial charge in [-0.15, -0.1) is 24.0 Å². The minimum absolute atomic E-state index is 0. The van der Waals surface area contributed by atoms with Crippen molar-refractivity contribution in [1.82, 2.24) is 16.0 Å². The topological polar surface area (TPSA) is 74.8 Å². The number of carbonyl (C=O) groups is 1. The van der Waals surface area contributed by atoms with Crippen molar-refractivity contribution in [3.05, 3.63) is 0 Å². The summed E-state index contributed by atoms with van der Waals surface area (Å²) in [6, 6.07) is 0.336. The van der Waals surface area contributed by atoms with E-state index >= 15 is 0 Å². The number of halogens is 1. The highest BCUT2D eigenvalue weighted by molar-refractivity contribution is 14.0. The number of nitrogens with zero attached hydrogens (tertiary/aromatic N) is 1. The van der Waals surface area contributed by atoms with Crippen molar-refractivity contribution >= 4 is 35.8 Å². The summed E-state index contributed by atoms with van der Waals surface area (Å²) < 4.78 is 5.84. The summed E-state index contributed by atoms with van der Waals surface area (Å²) in [4.78, 5) is 16.2. The first-order valence-electron chi connectivity index (χ1n) is 7.87. The SMILES string of the molecule is CCNC(=O)C(C)(C)CNC(=NC)NC1CC2CCC1O2.I. The largest absolute Gasteiger partial charge is 0.373 e. The number of guanidine groups is 1. The Bertz CT molecular complexity index is 414. The van der Waals surface area contributed by atoms with E-state index in [-0.39, 0.29) is 29.9 Å². The Balaban J connectivity index is 0.00000242. The minimum atomic E-state index is -0.473. The van der Waals surface area contributed by atoms with E-state index in [2.05, 4.69) is 20.9 Å². The summed E-state index contributed by atoms with van der Waals surface area (Å²) in [5, 5.41) is 9.54. The predicted molar refractivity (Wildman–Crippen MR) is 98.7 cm³/mol. The summed E-state index contributed by atoms with van der Waals surface area (Å²) in [5.74, 6) is 0.796. The van der Waals surface area contributed by atoms with Crippen LogP contribution < -0.4 is 16.0 Å². The van der Waals surface area contributed by atoms with E-state index in [0.29, 0.717) is 31.3 Å². The van der Waals surface area contributed by atoms with E-state index < -0.39 is 5.41 Å². The quantitative estimate of drug-likeness (QED) is 0.353. The van der Waals surface area contributed by atoms with Gasteiger partial charge in [-0.25, -0.2) is 0 Å². The number of rotatable bonds is 5. The molecule has 1 amide bonds. The van der Waals surface area contributed by atoms with Gasteiger partial charge in [-0.2, -0.15) is 0 Å². The van der Waals surface area contributed by atoms with E-state index in [0.717, 1.165) is 18.8 Å². The van der Waals surface area contributed by atoms with E-state index in [1.54, 1.807) is 7.05 Å². The Kier molecular flexibility index (Phi) is 7.37. The molecule has 2 saturated heterocycles. The van der Waals surface area contributed by atoms with Crippen molar-refractivity contribution in [3.63, 3.8) is 0 Å². The molecule has 3 unspecified atom stereocenters. The van der Waals surface area contributed by atoms with Gasteiger partial charge in [-0.05, 0) is 40.0 Å². The fourth-order valence-electron chi connectivity index (χ4n) is 2.94. The number of fused-ring (bicyclic) bond motifs is 2. The van der Waals surface area contributed by atoms with Crippen LogP contribution in [0.4, 0.5) is 0 Å². The molecule has 3 N–H and O–H groups in total. The third-order valence-corrected chi connectivity index (χ3v) is 4.30. The summed E-state index contributed by atoms with van der Waals surface area (Å²) in [6.45, 7) is 6.98. The van der Waals surface area contributed by atoms with E-state index in [4.69, 9.17) is 4.74 Å². The van der Waals surface area contributed by atoms with Gasteiger partial charge in [0.05, 0.1) is 23.7 Å². The van der Waals surface area contributed by atoms with Crippen LogP contribution in [0.15, 0.2) is 4.99 Å². The molecule has 7 heteroatoms. The molecular weight excluding hydrogens is 395 g/mol. The Morgan fingerprint density at radius 2 is 2.05 bits per heavy atom. The molecule has 128 valence electrons. The molecule has 0 radical (unpaired) electrons. The van der Waals surface area contributed by atoms with Crippen LogP contribution >= 0.6 is 24.0 Å². The number of hydrogen-bond donors (Lipinski definition) is 3. The summed E-state index contributed by atoms with van der Waals surface area (Å²) in [7, 11) is 1.75. The molecular formula is C15H29IN4O2. The van der Waals surface area contributed by atoms with Crippen molar-refractivity contribution < 1.29 is 9.53 Å². The Labute approximate surface area is 150 Å². The van der Waals surface area contributed by atoms with Gasteiger partial charge in [0.25, 0.3) is 0 Å². The number of nitrogens with one attached hydrogen (secondary N) is 3. The molecule has 0 spiro atoms. The van der Waals surface area contributed by atoms with Crippen LogP contribution in [0, 0.1) is 5.41 Å². The van der Waals surface area contributed by atoms with Crippen LogP contribution in [0.3, 0.4) is 0 Å². The van der Waals surface area contributed by atoms with Crippen LogP contribution in [-0.4, -0.2) is 50.3 Å². The molecule has 0 aliphatic carbocycles. The maximum atomic E-state index is 12.0. The van der Waals surface area contributed by atoms with Gasteiger partial charge in [0.2, 0.25) is 5.91 Å². The molecule has 0 aromatic heterocycles. The molecule has 2 aliphatic rings. The highest BCUT2D eigenvalue weighted by atomic mass is 127. The lowest BCUT2D eigenvalue weighted by atomic mass is 9.92. The maximum Gasteiger partial charge on any atom is 0.227 e. The van der Waals surface area contributed by atoms with Gasteiger partial charge >= 0.3 is 0 Å². The Hall–Kier alpha value is -0.570. The zero-order valence-electron chi connectivity index (χ0n) is 13.9. The first kappa shape index (κ1) is 19.5. The standard InChI is InChI=1S/C15H28N4O2.HI/c1-5-17-13(20)15(2,3)9-18-14(16-4)19-11-8-10-6-7-12(11)21-10;/h10-12H,5-9H2,1-4H3,(H,17,20)(H2,16,18,19);1H. The monoisotopic (exact) mass is 424 g/mol. The zero-order valence-corrected chi connectivity index (χ0v) is 16.3. The first-order valence-corrected chi connectivity index (χ1v) is 7.87. The second-order valence-corrected chi connectivity index (χ2v) is 6.53. The number of hydrogen-bond acceptors (Lipinski definition) is 3. The van der Waals surface area contributed by atoms with Crippen molar-refractivity contribution in [2.75, 3.05) is 20.1 Å². The number of aliphatic imine (C=N–C) groups is 1. The zero-order chi connectivity index (χ0) is 15.5. The number of amides is 1. The van der Waals surface area contributed by atoms with E-state index in [1.807, 2.05) is 20.8 Å². The van der Waals surface area contributed by atoms with E-state index in [1.165, 1.54) is 6.42 Å². The molecule has 0 aromatic rings. The van der Waals surface area contributed by atoms with Crippen LogP contribution in [0.1, 0.15) is 40.0 Å². The smallest absolute Gasteiger partial charge is 0.227 e. The predicted octanol–water partition coefficient (Wildman–Crippen LogP) is 1.25. The van der Waals surface area contributed by atoms with Crippen LogP contribution in [-0.2, 0) is 9.53 Å². The molecule has 22 heavy (non-hydrogen) atoms.